The van der Waals surface area contributed by atoms with Crippen LogP contribution in [0.15, 0.2) is 4.60 Å². The summed E-state index contributed by atoms with van der Waals surface area (Å²) in [6, 6.07) is 0. The number of hydrogen-bond donors (Lipinski definition) is 1. The van der Waals surface area contributed by atoms with Crippen LogP contribution < -0.4 is 0 Å². The summed E-state index contributed by atoms with van der Waals surface area (Å²) in [5, 5.41) is 17.7. The van der Waals surface area contributed by atoms with Crippen molar-refractivity contribution in [3.8, 4) is 0 Å². The van der Waals surface area contributed by atoms with Crippen LogP contribution in [0.4, 0.5) is 0 Å². The average molecular weight is 260 g/mol. The van der Waals surface area contributed by atoms with Gasteiger partial charge in [-0.2, -0.15) is 0 Å². The number of halogens is 1. The summed E-state index contributed by atoms with van der Waals surface area (Å²) in [6.45, 7) is 0. The fraction of sp³-hybridized carbons (Fsp3) is 0.778. The molecule has 1 saturated carbocycles. The Morgan fingerprint density at radius 3 is 2.79 bits per heavy atom. The molecule has 78 valence electrons. The van der Waals surface area contributed by atoms with Crippen molar-refractivity contribution >= 4 is 15.9 Å². The van der Waals surface area contributed by atoms with Crippen LogP contribution in [0.1, 0.15) is 37.5 Å². The van der Waals surface area contributed by atoms with Gasteiger partial charge in [0.25, 0.3) is 0 Å². The lowest BCUT2D eigenvalue weighted by Gasteiger charge is -2.27. The fourth-order valence-corrected chi connectivity index (χ4v) is 2.44. The molecule has 0 amide bonds. The van der Waals surface area contributed by atoms with E-state index >= 15 is 0 Å². The monoisotopic (exact) mass is 259 g/mol. The molecule has 5 heteroatoms. The van der Waals surface area contributed by atoms with Gasteiger partial charge < -0.3 is 5.11 Å². The molecule has 1 aromatic rings. The lowest BCUT2D eigenvalue weighted by Crippen LogP contribution is -2.16. The van der Waals surface area contributed by atoms with Gasteiger partial charge in [0, 0.05) is 7.05 Å². The topological polar surface area (TPSA) is 50.9 Å². The molecule has 0 aromatic carbocycles. The van der Waals surface area contributed by atoms with Crippen LogP contribution in [-0.4, -0.2) is 20.1 Å². The molecule has 4 nitrogen and oxygen atoms in total. The lowest BCUT2D eigenvalue weighted by atomic mass is 9.81. The summed E-state index contributed by atoms with van der Waals surface area (Å²) in [6.07, 6.45) is 4.21. The molecule has 1 atom stereocenters. The summed E-state index contributed by atoms with van der Waals surface area (Å²) < 4.78 is 2.29. The molecule has 0 saturated heterocycles. The standard InChI is InChI=1S/C9H14BrN3O/c1-13-8(9(10)11-12-13)7(14)5-6-3-2-4-6/h6-7,14H,2-5H2,1H3. The molecule has 1 N–H and O–H groups in total. The highest BCUT2D eigenvalue weighted by atomic mass is 79.9. The molecular formula is C9H14BrN3O. The SMILES string of the molecule is Cn1nnc(Br)c1C(O)CC1CCC1. The van der Waals surface area contributed by atoms with Crippen molar-refractivity contribution in [2.24, 2.45) is 13.0 Å². The Kier molecular flexibility index (Phi) is 2.88. The first kappa shape index (κ1) is 10.1. The molecule has 1 fully saturated rings. The lowest BCUT2D eigenvalue weighted by molar-refractivity contribution is 0.111. The molecule has 0 bridgehead atoms. The van der Waals surface area contributed by atoms with Gasteiger partial charge in [-0.1, -0.05) is 24.5 Å². The van der Waals surface area contributed by atoms with E-state index in [1.165, 1.54) is 19.3 Å². The first-order valence-corrected chi connectivity index (χ1v) is 5.71. The molecule has 0 aliphatic heterocycles. The highest BCUT2D eigenvalue weighted by molar-refractivity contribution is 9.10. The predicted molar refractivity (Wildman–Crippen MR) is 55.6 cm³/mol. The molecule has 1 aliphatic rings. The predicted octanol–water partition coefficient (Wildman–Crippen LogP) is 1.80. The maximum atomic E-state index is 9.98. The Balaban J connectivity index is 2.05. The van der Waals surface area contributed by atoms with Crippen molar-refractivity contribution in [2.75, 3.05) is 0 Å². The Labute approximate surface area is 91.4 Å². The Bertz CT molecular complexity index is 302. The van der Waals surface area contributed by atoms with Gasteiger partial charge in [-0.3, -0.25) is 0 Å². The number of aliphatic hydroxyl groups is 1. The van der Waals surface area contributed by atoms with Gasteiger partial charge in [0.15, 0.2) is 4.60 Å². The number of nitrogens with zero attached hydrogens (tertiary/aromatic N) is 3. The Morgan fingerprint density at radius 2 is 2.36 bits per heavy atom. The minimum atomic E-state index is -0.435. The molecule has 2 rings (SSSR count). The first-order chi connectivity index (χ1) is 6.68. The van der Waals surface area contributed by atoms with E-state index in [2.05, 4.69) is 26.2 Å². The van der Waals surface area contributed by atoms with Crippen molar-refractivity contribution < 1.29 is 5.11 Å². The van der Waals surface area contributed by atoms with Crippen LogP contribution >= 0.6 is 15.9 Å². The quantitative estimate of drug-likeness (QED) is 0.901. The van der Waals surface area contributed by atoms with E-state index in [-0.39, 0.29) is 0 Å². The summed E-state index contributed by atoms with van der Waals surface area (Å²) in [5.41, 5.74) is 0.789. The van der Waals surface area contributed by atoms with Crippen molar-refractivity contribution in [1.29, 1.82) is 0 Å². The molecule has 0 spiro atoms. The summed E-state index contributed by atoms with van der Waals surface area (Å²) in [5.74, 6) is 0.687. The average Bonchev–Trinajstić information content (AvgIpc) is 2.39. The third kappa shape index (κ3) is 1.83. The normalized spacial score (nSPS) is 19.4. The second kappa shape index (κ2) is 3.98. The number of hydrogen-bond acceptors (Lipinski definition) is 3. The first-order valence-electron chi connectivity index (χ1n) is 4.91. The van der Waals surface area contributed by atoms with Crippen molar-refractivity contribution in [3.05, 3.63) is 10.3 Å². The second-order valence-electron chi connectivity index (χ2n) is 3.94. The van der Waals surface area contributed by atoms with Gasteiger partial charge in [-0.15, -0.1) is 5.10 Å². The van der Waals surface area contributed by atoms with E-state index in [1.54, 1.807) is 11.7 Å². The Hall–Kier alpha value is -0.420. The molecule has 1 aromatic heterocycles. The van der Waals surface area contributed by atoms with Crippen LogP contribution in [0.3, 0.4) is 0 Å². The largest absolute Gasteiger partial charge is 0.387 e. The van der Waals surface area contributed by atoms with Crippen LogP contribution in [0.5, 0.6) is 0 Å². The zero-order chi connectivity index (χ0) is 10.1. The molecule has 0 radical (unpaired) electrons. The van der Waals surface area contributed by atoms with Crippen molar-refractivity contribution in [3.63, 3.8) is 0 Å². The van der Waals surface area contributed by atoms with Gasteiger partial charge in [0.05, 0.1) is 6.10 Å². The van der Waals surface area contributed by atoms with Crippen molar-refractivity contribution in [1.82, 2.24) is 15.0 Å². The maximum absolute atomic E-state index is 9.98. The molecule has 14 heavy (non-hydrogen) atoms. The molecule has 1 heterocycles. The van der Waals surface area contributed by atoms with Gasteiger partial charge in [0.1, 0.15) is 5.69 Å². The zero-order valence-electron chi connectivity index (χ0n) is 8.15. The van der Waals surface area contributed by atoms with E-state index < -0.39 is 6.10 Å². The van der Waals surface area contributed by atoms with Crippen LogP contribution in [-0.2, 0) is 7.05 Å². The van der Waals surface area contributed by atoms with E-state index in [4.69, 9.17) is 0 Å². The molecule has 1 aliphatic carbocycles. The fourth-order valence-electron chi connectivity index (χ4n) is 1.85. The maximum Gasteiger partial charge on any atom is 0.154 e. The highest BCUT2D eigenvalue weighted by Gasteiger charge is 2.25. The van der Waals surface area contributed by atoms with E-state index in [1.807, 2.05) is 0 Å². The molecule has 1 unspecified atom stereocenters. The van der Waals surface area contributed by atoms with Gasteiger partial charge in [-0.25, -0.2) is 4.68 Å². The van der Waals surface area contributed by atoms with Crippen LogP contribution in [0.2, 0.25) is 0 Å². The van der Waals surface area contributed by atoms with Crippen LogP contribution in [0.25, 0.3) is 0 Å². The minimum absolute atomic E-state index is 0.435. The van der Waals surface area contributed by atoms with Gasteiger partial charge in [0.2, 0.25) is 0 Å². The zero-order valence-corrected chi connectivity index (χ0v) is 9.74. The smallest absolute Gasteiger partial charge is 0.154 e. The van der Waals surface area contributed by atoms with Gasteiger partial charge >= 0.3 is 0 Å². The summed E-state index contributed by atoms with van der Waals surface area (Å²) in [4.78, 5) is 0. The van der Waals surface area contributed by atoms with E-state index in [9.17, 15) is 5.11 Å². The Morgan fingerprint density at radius 1 is 1.64 bits per heavy atom. The summed E-state index contributed by atoms with van der Waals surface area (Å²) >= 11 is 3.29. The third-order valence-electron chi connectivity index (χ3n) is 2.92. The number of aryl methyl sites for hydroxylation is 1. The van der Waals surface area contributed by atoms with Crippen LogP contribution in [0, 0.1) is 5.92 Å². The third-order valence-corrected chi connectivity index (χ3v) is 3.49. The van der Waals surface area contributed by atoms with E-state index in [0.29, 0.717) is 10.5 Å². The van der Waals surface area contributed by atoms with E-state index in [0.717, 1.165) is 12.1 Å². The van der Waals surface area contributed by atoms with Gasteiger partial charge in [-0.05, 0) is 28.3 Å². The second-order valence-corrected chi connectivity index (χ2v) is 4.69. The van der Waals surface area contributed by atoms with Crippen molar-refractivity contribution in [2.45, 2.75) is 31.8 Å². The number of aliphatic hydroxyl groups excluding tert-OH is 1. The number of aromatic nitrogens is 3. The highest BCUT2D eigenvalue weighted by Crippen LogP contribution is 2.35. The molecular weight excluding hydrogens is 246 g/mol. The number of rotatable bonds is 3. The summed E-state index contributed by atoms with van der Waals surface area (Å²) in [7, 11) is 1.80. The minimum Gasteiger partial charge on any atom is -0.387 e.